The number of hydrogen-bond acceptors (Lipinski definition) is 2. The molecule has 0 N–H and O–H groups in total. The van der Waals surface area contributed by atoms with E-state index < -0.39 is 0 Å². The molecule has 11 heavy (non-hydrogen) atoms. The van der Waals surface area contributed by atoms with E-state index in [9.17, 15) is 4.79 Å². The van der Waals surface area contributed by atoms with Crippen molar-refractivity contribution in [1.29, 1.82) is 0 Å². The molecule has 0 aromatic carbocycles. The SMILES string of the molecule is CCOCCCN(C)C(C)=O. The standard InChI is InChI=1S/C8H17NO2/c1-4-11-7-5-6-9(3)8(2)10/h4-7H2,1-3H3. The molecule has 0 unspecified atom stereocenters. The summed E-state index contributed by atoms with van der Waals surface area (Å²) in [6.07, 6.45) is 0.921. The minimum Gasteiger partial charge on any atom is -0.382 e. The molecule has 0 aromatic rings. The Balaban J connectivity index is 3.17. The quantitative estimate of drug-likeness (QED) is 0.557. The van der Waals surface area contributed by atoms with Crippen LogP contribution in [0.15, 0.2) is 0 Å². The Hall–Kier alpha value is -0.570. The van der Waals surface area contributed by atoms with Gasteiger partial charge >= 0.3 is 0 Å². The summed E-state index contributed by atoms with van der Waals surface area (Å²) < 4.78 is 5.13. The molecule has 0 aliphatic heterocycles. The minimum absolute atomic E-state index is 0.112. The van der Waals surface area contributed by atoms with E-state index in [1.54, 1.807) is 18.9 Å². The smallest absolute Gasteiger partial charge is 0.219 e. The van der Waals surface area contributed by atoms with E-state index in [0.29, 0.717) is 0 Å². The van der Waals surface area contributed by atoms with Gasteiger partial charge in [-0.3, -0.25) is 4.79 Å². The number of carbonyl (C=O) groups is 1. The highest BCUT2D eigenvalue weighted by atomic mass is 16.5. The summed E-state index contributed by atoms with van der Waals surface area (Å²) in [5, 5.41) is 0. The van der Waals surface area contributed by atoms with Gasteiger partial charge in [0.15, 0.2) is 0 Å². The van der Waals surface area contributed by atoms with Crippen LogP contribution in [0.3, 0.4) is 0 Å². The van der Waals surface area contributed by atoms with Gasteiger partial charge in [0.1, 0.15) is 0 Å². The summed E-state index contributed by atoms with van der Waals surface area (Å²) in [5.41, 5.74) is 0. The Kier molecular flexibility index (Phi) is 5.84. The van der Waals surface area contributed by atoms with Crippen LogP contribution in [-0.4, -0.2) is 37.6 Å². The molecule has 0 radical (unpaired) electrons. The lowest BCUT2D eigenvalue weighted by molar-refractivity contribution is -0.127. The van der Waals surface area contributed by atoms with Crippen LogP contribution in [0.25, 0.3) is 0 Å². The van der Waals surface area contributed by atoms with Crippen LogP contribution in [0.4, 0.5) is 0 Å². The summed E-state index contributed by atoms with van der Waals surface area (Å²) in [5.74, 6) is 0.112. The lowest BCUT2D eigenvalue weighted by Crippen LogP contribution is -2.25. The zero-order valence-electron chi connectivity index (χ0n) is 7.59. The van der Waals surface area contributed by atoms with E-state index >= 15 is 0 Å². The van der Waals surface area contributed by atoms with E-state index in [4.69, 9.17) is 4.74 Å². The first-order valence-corrected chi connectivity index (χ1v) is 3.98. The third kappa shape index (κ3) is 5.85. The van der Waals surface area contributed by atoms with Crippen molar-refractivity contribution >= 4 is 5.91 Å². The highest BCUT2D eigenvalue weighted by Gasteiger charge is 1.99. The van der Waals surface area contributed by atoms with E-state index in [0.717, 1.165) is 26.2 Å². The number of carbonyl (C=O) groups excluding carboxylic acids is 1. The largest absolute Gasteiger partial charge is 0.382 e. The van der Waals surface area contributed by atoms with Crippen LogP contribution < -0.4 is 0 Å². The molecule has 0 aliphatic rings. The Bertz CT molecular complexity index is 115. The van der Waals surface area contributed by atoms with Gasteiger partial charge in [-0.25, -0.2) is 0 Å². The van der Waals surface area contributed by atoms with Gasteiger partial charge in [0, 0.05) is 33.7 Å². The van der Waals surface area contributed by atoms with E-state index in [2.05, 4.69) is 0 Å². The van der Waals surface area contributed by atoms with Crippen molar-refractivity contribution in [3.63, 3.8) is 0 Å². The summed E-state index contributed by atoms with van der Waals surface area (Å²) in [7, 11) is 1.80. The molecule has 3 heteroatoms. The van der Waals surface area contributed by atoms with E-state index in [1.807, 2.05) is 6.92 Å². The molecule has 0 bridgehead atoms. The molecule has 66 valence electrons. The Labute approximate surface area is 68.3 Å². The maximum Gasteiger partial charge on any atom is 0.219 e. The summed E-state index contributed by atoms with van der Waals surface area (Å²) >= 11 is 0. The van der Waals surface area contributed by atoms with Crippen molar-refractivity contribution in [3.8, 4) is 0 Å². The molecule has 0 saturated heterocycles. The van der Waals surface area contributed by atoms with Gasteiger partial charge in [-0.05, 0) is 13.3 Å². The molecular weight excluding hydrogens is 142 g/mol. The number of amides is 1. The van der Waals surface area contributed by atoms with Crippen LogP contribution in [-0.2, 0) is 9.53 Å². The second-order valence-electron chi connectivity index (χ2n) is 2.49. The lowest BCUT2D eigenvalue weighted by atomic mass is 10.4. The fraction of sp³-hybridized carbons (Fsp3) is 0.875. The van der Waals surface area contributed by atoms with Crippen molar-refractivity contribution in [1.82, 2.24) is 4.90 Å². The topological polar surface area (TPSA) is 29.5 Å². The summed E-state index contributed by atoms with van der Waals surface area (Å²) in [6.45, 7) is 5.82. The molecule has 0 rings (SSSR count). The monoisotopic (exact) mass is 159 g/mol. The number of hydrogen-bond donors (Lipinski definition) is 0. The zero-order valence-corrected chi connectivity index (χ0v) is 7.59. The number of ether oxygens (including phenoxy) is 1. The maximum absolute atomic E-state index is 10.7. The van der Waals surface area contributed by atoms with Crippen LogP contribution in [0.5, 0.6) is 0 Å². The summed E-state index contributed by atoms with van der Waals surface area (Å²) in [6, 6.07) is 0. The van der Waals surface area contributed by atoms with Crippen LogP contribution in [0.2, 0.25) is 0 Å². The third-order valence-electron chi connectivity index (χ3n) is 1.52. The van der Waals surface area contributed by atoms with Gasteiger partial charge in [0.2, 0.25) is 5.91 Å². The molecule has 1 amide bonds. The Morgan fingerprint density at radius 2 is 2.18 bits per heavy atom. The molecular formula is C8H17NO2. The molecule has 0 aliphatic carbocycles. The second kappa shape index (κ2) is 6.16. The maximum atomic E-state index is 10.7. The van der Waals surface area contributed by atoms with Gasteiger partial charge in [0.25, 0.3) is 0 Å². The van der Waals surface area contributed by atoms with Crippen LogP contribution in [0.1, 0.15) is 20.3 Å². The first-order chi connectivity index (χ1) is 5.18. The van der Waals surface area contributed by atoms with E-state index in [-0.39, 0.29) is 5.91 Å². The fourth-order valence-corrected chi connectivity index (χ4v) is 0.706. The highest BCUT2D eigenvalue weighted by Crippen LogP contribution is 1.88. The predicted molar refractivity (Wildman–Crippen MR) is 44.4 cm³/mol. The third-order valence-corrected chi connectivity index (χ3v) is 1.52. The van der Waals surface area contributed by atoms with Crippen molar-refractivity contribution in [2.75, 3.05) is 26.8 Å². The molecule has 0 aromatic heterocycles. The average molecular weight is 159 g/mol. The highest BCUT2D eigenvalue weighted by molar-refractivity contribution is 5.72. The molecule has 0 fully saturated rings. The van der Waals surface area contributed by atoms with E-state index in [1.165, 1.54) is 0 Å². The van der Waals surface area contributed by atoms with Gasteiger partial charge in [-0.15, -0.1) is 0 Å². The van der Waals surface area contributed by atoms with Crippen LogP contribution in [0, 0.1) is 0 Å². The normalized spacial score (nSPS) is 9.73. The first kappa shape index (κ1) is 10.4. The molecule has 0 spiro atoms. The van der Waals surface area contributed by atoms with Gasteiger partial charge in [0.05, 0.1) is 0 Å². The van der Waals surface area contributed by atoms with Crippen molar-refractivity contribution < 1.29 is 9.53 Å². The fourth-order valence-electron chi connectivity index (χ4n) is 0.706. The Morgan fingerprint density at radius 1 is 1.55 bits per heavy atom. The molecule has 3 nitrogen and oxygen atoms in total. The predicted octanol–water partition coefficient (Wildman–Crippen LogP) is 0.891. The number of nitrogens with zero attached hydrogens (tertiary/aromatic N) is 1. The lowest BCUT2D eigenvalue weighted by Gasteiger charge is -2.13. The first-order valence-electron chi connectivity index (χ1n) is 3.98. The van der Waals surface area contributed by atoms with Crippen molar-refractivity contribution in [3.05, 3.63) is 0 Å². The second-order valence-corrected chi connectivity index (χ2v) is 2.49. The van der Waals surface area contributed by atoms with Gasteiger partial charge in [-0.1, -0.05) is 0 Å². The van der Waals surface area contributed by atoms with Gasteiger partial charge in [-0.2, -0.15) is 0 Å². The summed E-state index contributed by atoms with van der Waals surface area (Å²) in [4.78, 5) is 12.4. The molecule has 0 heterocycles. The Morgan fingerprint density at radius 3 is 2.64 bits per heavy atom. The molecule has 0 atom stereocenters. The minimum atomic E-state index is 0.112. The van der Waals surface area contributed by atoms with Crippen molar-refractivity contribution in [2.24, 2.45) is 0 Å². The van der Waals surface area contributed by atoms with Gasteiger partial charge < -0.3 is 9.64 Å². The molecule has 0 saturated carbocycles. The van der Waals surface area contributed by atoms with Crippen LogP contribution >= 0.6 is 0 Å². The number of rotatable bonds is 5. The van der Waals surface area contributed by atoms with Crippen molar-refractivity contribution in [2.45, 2.75) is 20.3 Å². The average Bonchev–Trinajstić information content (AvgIpc) is 1.97. The zero-order chi connectivity index (χ0) is 8.69.